The molecule has 0 nitrogen and oxygen atoms in total. The molecule has 0 spiro atoms. The van der Waals surface area contributed by atoms with Gasteiger partial charge in [0.25, 0.3) is 0 Å². The molecule has 0 unspecified atom stereocenters. The number of aryl methyl sites for hydroxylation is 3. The molecule has 4 aromatic rings. The average Bonchev–Trinajstić information content (AvgIpc) is 3.61. The van der Waals surface area contributed by atoms with Gasteiger partial charge >= 0.3 is 0 Å². The molecule has 0 aliphatic heterocycles. The molecule has 4 rings (SSSR count). The first-order chi connectivity index (χ1) is 16.6. The second-order valence-corrected chi connectivity index (χ2v) is 14.9. The first-order valence-corrected chi connectivity index (χ1v) is 16.7. The van der Waals surface area contributed by atoms with E-state index in [4.69, 9.17) is 0 Å². The average molecular weight is 592 g/mol. The van der Waals surface area contributed by atoms with E-state index >= 15 is 0 Å². The van der Waals surface area contributed by atoms with Gasteiger partial charge in [-0.2, -0.15) is 0 Å². The van der Waals surface area contributed by atoms with Crippen molar-refractivity contribution >= 4 is 61.3 Å². The Labute approximate surface area is 230 Å². The van der Waals surface area contributed by atoms with Crippen LogP contribution in [0.5, 0.6) is 0 Å². The molecule has 0 saturated heterocycles. The molecule has 0 aliphatic carbocycles. The lowest BCUT2D eigenvalue weighted by atomic mass is 10.0. The van der Waals surface area contributed by atoms with Gasteiger partial charge in [0.2, 0.25) is 0 Å². The van der Waals surface area contributed by atoms with Gasteiger partial charge in [0, 0.05) is 34.1 Å². The Morgan fingerprint density at radius 1 is 0.588 bits per heavy atom. The Morgan fingerprint density at radius 3 is 1.56 bits per heavy atom. The summed E-state index contributed by atoms with van der Waals surface area (Å²) in [7, 11) is 0. The van der Waals surface area contributed by atoms with E-state index in [0.29, 0.717) is 0 Å². The van der Waals surface area contributed by atoms with E-state index in [1.807, 2.05) is 45.3 Å². The lowest BCUT2D eigenvalue weighted by molar-refractivity contribution is 0.666. The van der Waals surface area contributed by atoms with Crippen molar-refractivity contribution in [3.8, 4) is 29.3 Å². The minimum absolute atomic E-state index is 1.19. The largest absolute Gasteiger partial charge is 0.140 e. The monoisotopic (exact) mass is 590 g/mol. The third-order valence-corrected chi connectivity index (χ3v) is 11.8. The number of hydrogen-bond acceptors (Lipinski definition) is 4. The number of halogens is 1. The minimum atomic E-state index is 1.19. The second kappa shape index (κ2) is 13.0. The summed E-state index contributed by atoms with van der Waals surface area (Å²) in [4.78, 5) is 10.1. The maximum absolute atomic E-state index is 3.67. The normalized spacial score (nSPS) is 11.5. The SMILES string of the molecule is CCCCCCc1cc(-c2ccc(C)s2)sc1-c1sc(-c2ccc(Br)s2)cc1CCCCCC. The summed E-state index contributed by atoms with van der Waals surface area (Å²) in [6.07, 6.45) is 12.9. The van der Waals surface area contributed by atoms with Crippen LogP contribution in [0.1, 0.15) is 81.2 Å². The molecular weight excluding hydrogens is 556 g/mol. The van der Waals surface area contributed by atoms with E-state index in [1.165, 1.54) is 102 Å². The summed E-state index contributed by atoms with van der Waals surface area (Å²) in [5, 5.41) is 0. The molecule has 0 fully saturated rings. The molecule has 0 radical (unpaired) electrons. The molecular formula is C29H35BrS4. The van der Waals surface area contributed by atoms with E-state index in [9.17, 15) is 0 Å². The number of hydrogen-bond donors (Lipinski definition) is 0. The lowest BCUT2D eigenvalue weighted by Crippen LogP contribution is -1.89. The maximum atomic E-state index is 3.67. The van der Waals surface area contributed by atoms with Crippen molar-refractivity contribution in [3.05, 3.63) is 56.2 Å². The highest BCUT2D eigenvalue weighted by Gasteiger charge is 2.20. The molecule has 5 heteroatoms. The van der Waals surface area contributed by atoms with Crippen molar-refractivity contribution in [3.63, 3.8) is 0 Å². The summed E-state index contributed by atoms with van der Waals surface area (Å²) in [6, 6.07) is 14.0. The number of unbranched alkanes of at least 4 members (excludes halogenated alkanes) is 6. The summed E-state index contributed by atoms with van der Waals surface area (Å²) >= 11 is 11.5. The van der Waals surface area contributed by atoms with Crippen molar-refractivity contribution < 1.29 is 0 Å². The molecule has 0 bridgehead atoms. The van der Waals surface area contributed by atoms with Crippen LogP contribution in [0.4, 0.5) is 0 Å². The minimum Gasteiger partial charge on any atom is -0.140 e. The molecule has 0 aliphatic rings. The lowest BCUT2D eigenvalue weighted by Gasteiger charge is -2.06. The number of thiophene rings is 4. The molecule has 182 valence electrons. The van der Waals surface area contributed by atoms with Gasteiger partial charge < -0.3 is 0 Å². The summed E-state index contributed by atoms with van der Waals surface area (Å²) < 4.78 is 1.21. The quantitative estimate of drug-likeness (QED) is 0.136. The predicted octanol–water partition coefficient (Wildman–Crippen LogP) is 12.3. The van der Waals surface area contributed by atoms with Crippen LogP contribution in [0, 0.1) is 6.92 Å². The summed E-state index contributed by atoms with van der Waals surface area (Å²) in [6.45, 7) is 6.81. The standard InChI is InChI=1S/C29H35BrS4/c1-4-6-8-10-12-21-18-25(23-15-14-20(3)31-23)33-28(21)29-22(13-11-9-7-5-2)19-26(34-29)24-16-17-27(30)32-24/h14-19H,4-13H2,1-3H3. The topological polar surface area (TPSA) is 0 Å². The first-order valence-electron chi connectivity index (χ1n) is 12.7. The van der Waals surface area contributed by atoms with Gasteiger partial charge in [-0.15, -0.1) is 45.3 Å². The Kier molecular flexibility index (Phi) is 10.1. The highest BCUT2D eigenvalue weighted by atomic mass is 79.9. The van der Waals surface area contributed by atoms with Crippen LogP contribution in [0.15, 0.2) is 40.2 Å². The van der Waals surface area contributed by atoms with Gasteiger partial charge in [0.15, 0.2) is 0 Å². The molecule has 0 aromatic carbocycles. The van der Waals surface area contributed by atoms with E-state index < -0.39 is 0 Å². The molecule has 0 amide bonds. The van der Waals surface area contributed by atoms with E-state index in [-0.39, 0.29) is 0 Å². The molecule has 4 heterocycles. The van der Waals surface area contributed by atoms with Crippen LogP contribution in [-0.2, 0) is 12.8 Å². The van der Waals surface area contributed by atoms with Crippen LogP contribution in [0.25, 0.3) is 29.3 Å². The van der Waals surface area contributed by atoms with Gasteiger partial charge in [0.1, 0.15) is 0 Å². The van der Waals surface area contributed by atoms with E-state index in [2.05, 4.69) is 73.1 Å². The fourth-order valence-corrected chi connectivity index (χ4v) is 9.39. The van der Waals surface area contributed by atoms with Crippen LogP contribution >= 0.6 is 61.3 Å². The molecule has 0 atom stereocenters. The van der Waals surface area contributed by atoms with Gasteiger partial charge in [-0.1, -0.05) is 52.4 Å². The van der Waals surface area contributed by atoms with Crippen molar-refractivity contribution in [2.24, 2.45) is 0 Å². The zero-order chi connectivity index (χ0) is 23.9. The molecule has 0 saturated carbocycles. The van der Waals surface area contributed by atoms with Crippen molar-refractivity contribution in [1.82, 2.24) is 0 Å². The maximum Gasteiger partial charge on any atom is 0.0705 e. The van der Waals surface area contributed by atoms with Crippen LogP contribution < -0.4 is 0 Å². The van der Waals surface area contributed by atoms with Gasteiger partial charge in [0.05, 0.1) is 3.79 Å². The van der Waals surface area contributed by atoms with Crippen LogP contribution in [0.3, 0.4) is 0 Å². The van der Waals surface area contributed by atoms with Crippen molar-refractivity contribution in [1.29, 1.82) is 0 Å². The highest BCUT2D eigenvalue weighted by molar-refractivity contribution is 9.11. The highest BCUT2D eigenvalue weighted by Crippen LogP contribution is 2.48. The smallest absolute Gasteiger partial charge is 0.0705 e. The summed E-state index contributed by atoms with van der Waals surface area (Å²) in [5.74, 6) is 0. The second-order valence-electron chi connectivity index (χ2n) is 9.07. The van der Waals surface area contributed by atoms with Gasteiger partial charge in [-0.3, -0.25) is 0 Å². The van der Waals surface area contributed by atoms with Crippen molar-refractivity contribution in [2.45, 2.75) is 85.0 Å². The summed E-state index contributed by atoms with van der Waals surface area (Å²) in [5.41, 5.74) is 3.13. The zero-order valence-corrected chi connectivity index (χ0v) is 25.4. The first kappa shape index (κ1) is 26.3. The fourth-order valence-electron chi connectivity index (χ4n) is 4.35. The molecule has 0 N–H and O–H groups in total. The van der Waals surface area contributed by atoms with Gasteiger partial charge in [-0.05, 0) is 96.1 Å². The Balaban J connectivity index is 1.71. The Hall–Kier alpha value is -0.720. The van der Waals surface area contributed by atoms with Crippen LogP contribution in [0.2, 0.25) is 0 Å². The van der Waals surface area contributed by atoms with Crippen LogP contribution in [-0.4, -0.2) is 0 Å². The predicted molar refractivity (Wildman–Crippen MR) is 162 cm³/mol. The Morgan fingerprint density at radius 2 is 1.12 bits per heavy atom. The molecule has 34 heavy (non-hydrogen) atoms. The fraction of sp³-hybridized carbons (Fsp3) is 0.448. The van der Waals surface area contributed by atoms with E-state index in [0.717, 1.165) is 0 Å². The Bertz CT molecular complexity index is 1080. The third-order valence-electron chi connectivity index (χ3n) is 6.22. The van der Waals surface area contributed by atoms with E-state index in [1.54, 1.807) is 11.1 Å². The third kappa shape index (κ3) is 6.73. The zero-order valence-electron chi connectivity index (χ0n) is 20.5. The molecule has 4 aromatic heterocycles. The van der Waals surface area contributed by atoms with Crippen molar-refractivity contribution in [2.75, 3.05) is 0 Å². The van der Waals surface area contributed by atoms with Gasteiger partial charge in [-0.25, -0.2) is 0 Å². The number of rotatable bonds is 13.